The van der Waals surface area contributed by atoms with Crippen LogP contribution in [0.4, 0.5) is 0 Å². The van der Waals surface area contributed by atoms with Crippen molar-refractivity contribution in [1.82, 2.24) is 9.80 Å². The molecule has 2 aliphatic heterocycles. The zero-order chi connectivity index (χ0) is 13.5. The maximum Gasteiger partial charge on any atom is 0.0702 e. The van der Waals surface area contributed by atoms with Gasteiger partial charge in [-0.1, -0.05) is 19.8 Å². The lowest BCUT2D eigenvalue weighted by Crippen LogP contribution is -2.47. The standard InChI is InChI=1S/C16H32N2O/c1-3-12-19-16-9-7-11-18(14-16)13-15-8-5-4-6-10-17(15)2/h15-16H,3-14H2,1-2H3. The van der Waals surface area contributed by atoms with Crippen molar-refractivity contribution in [3.63, 3.8) is 0 Å². The van der Waals surface area contributed by atoms with E-state index in [1.54, 1.807) is 0 Å². The van der Waals surface area contributed by atoms with Crippen LogP contribution in [0, 0.1) is 0 Å². The molecule has 2 rings (SSSR count). The maximum absolute atomic E-state index is 5.95. The number of nitrogens with zero attached hydrogens (tertiary/aromatic N) is 2. The second-order valence-electron chi connectivity index (χ2n) is 6.38. The Bertz CT molecular complexity index is 247. The van der Waals surface area contributed by atoms with Gasteiger partial charge in [0.25, 0.3) is 0 Å². The van der Waals surface area contributed by atoms with Crippen LogP contribution in [0.15, 0.2) is 0 Å². The fraction of sp³-hybridized carbons (Fsp3) is 1.00. The SMILES string of the molecule is CCCOC1CCCN(CC2CCCCCN2C)C1. The average Bonchev–Trinajstić information content (AvgIpc) is 2.62. The fourth-order valence-corrected chi connectivity index (χ4v) is 3.45. The van der Waals surface area contributed by atoms with Gasteiger partial charge in [0.05, 0.1) is 6.10 Å². The molecule has 2 atom stereocenters. The summed E-state index contributed by atoms with van der Waals surface area (Å²) in [6.45, 7) is 8.10. The van der Waals surface area contributed by atoms with Crippen LogP contribution in [0.2, 0.25) is 0 Å². The lowest BCUT2D eigenvalue weighted by molar-refractivity contribution is -0.00638. The largest absolute Gasteiger partial charge is 0.377 e. The third-order valence-electron chi connectivity index (χ3n) is 4.66. The number of likely N-dealkylation sites (tertiary alicyclic amines) is 2. The minimum atomic E-state index is 0.491. The topological polar surface area (TPSA) is 15.7 Å². The summed E-state index contributed by atoms with van der Waals surface area (Å²) in [5, 5.41) is 0. The van der Waals surface area contributed by atoms with Crippen LogP contribution in [0.3, 0.4) is 0 Å². The van der Waals surface area contributed by atoms with Crippen molar-refractivity contribution >= 4 is 0 Å². The Labute approximate surface area is 119 Å². The molecular formula is C16H32N2O. The second-order valence-corrected chi connectivity index (χ2v) is 6.38. The van der Waals surface area contributed by atoms with E-state index < -0.39 is 0 Å². The van der Waals surface area contributed by atoms with Crippen molar-refractivity contribution in [1.29, 1.82) is 0 Å². The van der Waals surface area contributed by atoms with Crippen LogP contribution in [-0.2, 0) is 4.74 Å². The van der Waals surface area contributed by atoms with Crippen molar-refractivity contribution in [2.24, 2.45) is 0 Å². The molecule has 0 aromatic carbocycles. The van der Waals surface area contributed by atoms with Crippen molar-refractivity contribution in [2.45, 2.75) is 64.0 Å². The summed E-state index contributed by atoms with van der Waals surface area (Å²) in [7, 11) is 2.31. The van der Waals surface area contributed by atoms with Gasteiger partial charge in [-0.15, -0.1) is 0 Å². The Morgan fingerprint density at radius 3 is 2.79 bits per heavy atom. The van der Waals surface area contributed by atoms with E-state index in [0.29, 0.717) is 6.10 Å². The summed E-state index contributed by atoms with van der Waals surface area (Å²) in [5.74, 6) is 0. The first-order valence-electron chi connectivity index (χ1n) is 8.33. The molecule has 0 radical (unpaired) electrons. The van der Waals surface area contributed by atoms with E-state index in [-0.39, 0.29) is 0 Å². The lowest BCUT2D eigenvalue weighted by Gasteiger charge is -2.37. The first-order valence-corrected chi connectivity index (χ1v) is 8.33. The van der Waals surface area contributed by atoms with Gasteiger partial charge >= 0.3 is 0 Å². The molecule has 0 saturated carbocycles. The monoisotopic (exact) mass is 268 g/mol. The molecule has 0 aliphatic carbocycles. The zero-order valence-corrected chi connectivity index (χ0v) is 12.9. The van der Waals surface area contributed by atoms with E-state index in [1.165, 1.54) is 58.2 Å². The number of hydrogen-bond acceptors (Lipinski definition) is 3. The summed E-state index contributed by atoms with van der Waals surface area (Å²) in [5.41, 5.74) is 0. The highest BCUT2D eigenvalue weighted by Gasteiger charge is 2.25. The van der Waals surface area contributed by atoms with Crippen LogP contribution in [0.5, 0.6) is 0 Å². The Balaban J connectivity index is 1.77. The normalized spacial score (nSPS) is 31.3. The quantitative estimate of drug-likeness (QED) is 0.762. The predicted molar refractivity (Wildman–Crippen MR) is 80.6 cm³/mol. The van der Waals surface area contributed by atoms with Gasteiger partial charge in [-0.2, -0.15) is 0 Å². The fourth-order valence-electron chi connectivity index (χ4n) is 3.45. The van der Waals surface area contributed by atoms with Gasteiger partial charge in [0.15, 0.2) is 0 Å². The molecule has 3 nitrogen and oxygen atoms in total. The number of ether oxygens (including phenoxy) is 1. The van der Waals surface area contributed by atoms with Gasteiger partial charge in [0, 0.05) is 25.7 Å². The summed E-state index contributed by atoms with van der Waals surface area (Å²) in [6.07, 6.45) is 9.80. The zero-order valence-electron chi connectivity index (χ0n) is 12.9. The molecule has 19 heavy (non-hydrogen) atoms. The van der Waals surface area contributed by atoms with E-state index in [1.807, 2.05) is 0 Å². The lowest BCUT2D eigenvalue weighted by atomic mass is 10.1. The van der Waals surface area contributed by atoms with Gasteiger partial charge in [-0.3, -0.25) is 4.90 Å². The Hall–Kier alpha value is -0.120. The first kappa shape index (κ1) is 15.3. The van der Waals surface area contributed by atoms with Gasteiger partial charge in [-0.05, 0) is 52.2 Å². The number of piperidine rings is 1. The Morgan fingerprint density at radius 2 is 1.95 bits per heavy atom. The molecule has 0 N–H and O–H groups in total. The van der Waals surface area contributed by atoms with Crippen molar-refractivity contribution in [2.75, 3.05) is 39.8 Å². The van der Waals surface area contributed by atoms with Crippen molar-refractivity contribution in [3.05, 3.63) is 0 Å². The third kappa shape index (κ3) is 5.05. The van der Waals surface area contributed by atoms with Crippen LogP contribution in [0.25, 0.3) is 0 Å². The number of hydrogen-bond donors (Lipinski definition) is 0. The highest BCUT2D eigenvalue weighted by Crippen LogP contribution is 2.19. The van der Waals surface area contributed by atoms with E-state index in [4.69, 9.17) is 4.74 Å². The minimum absolute atomic E-state index is 0.491. The summed E-state index contributed by atoms with van der Waals surface area (Å²) < 4.78 is 5.95. The molecule has 0 aromatic rings. The molecule has 112 valence electrons. The van der Waals surface area contributed by atoms with E-state index in [0.717, 1.165) is 25.6 Å². The van der Waals surface area contributed by atoms with Gasteiger partial charge in [-0.25, -0.2) is 0 Å². The molecule has 0 aromatic heterocycles. The molecule has 0 spiro atoms. The first-order chi connectivity index (χ1) is 9.29. The molecule has 0 amide bonds. The third-order valence-corrected chi connectivity index (χ3v) is 4.66. The van der Waals surface area contributed by atoms with Crippen LogP contribution >= 0.6 is 0 Å². The van der Waals surface area contributed by atoms with E-state index in [2.05, 4.69) is 23.8 Å². The van der Waals surface area contributed by atoms with Crippen molar-refractivity contribution < 1.29 is 4.74 Å². The predicted octanol–water partition coefficient (Wildman–Crippen LogP) is 2.75. The number of likely N-dealkylation sites (N-methyl/N-ethyl adjacent to an activating group) is 1. The smallest absolute Gasteiger partial charge is 0.0702 e. The summed E-state index contributed by atoms with van der Waals surface area (Å²) in [4.78, 5) is 5.24. The molecule has 2 aliphatic rings. The molecule has 3 heteroatoms. The highest BCUT2D eigenvalue weighted by molar-refractivity contribution is 4.80. The van der Waals surface area contributed by atoms with Gasteiger partial charge in [0.1, 0.15) is 0 Å². The highest BCUT2D eigenvalue weighted by atomic mass is 16.5. The maximum atomic E-state index is 5.95. The molecule has 2 unspecified atom stereocenters. The van der Waals surface area contributed by atoms with Crippen LogP contribution < -0.4 is 0 Å². The van der Waals surface area contributed by atoms with Crippen molar-refractivity contribution in [3.8, 4) is 0 Å². The molecular weight excluding hydrogens is 236 g/mol. The van der Waals surface area contributed by atoms with E-state index >= 15 is 0 Å². The minimum Gasteiger partial charge on any atom is -0.377 e. The van der Waals surface area contributed by atoms with Gasteiger partial charge in [0.2, 0.25) is 0 Å². The Morgan fingerprint density at radius 1 is 1.05 bits per heavy atom. The van der Waals surface area contributed by atoms with Crippen LogP contribution in [-0.4, -0.2) is 61.8 Å². The summed E-state index contributed by atoms with van der Waals surface area (Å²) >= 11 is 0. The average molecular weight is 268 g/mol. The summed E-state index contributed by atoms with van der Waals surface area (Å²) in [6, 6.07) is 0.771. The molecule has 2 saturated heterocycles. The molecule has 2 heterocycles. The van der Waals surface area contributed by atoms with Gasteiger partial charge < -0.3 is 9.64 Å². The molecule has 2 fully saturated rings. The van der Waals surface area contributed by atoms with Crippen LogP contribution in [0.1, 0.15) is 51.9 Å². The molecule has 0 bridgehead atoms. The number of rotatable bonds is 5. The second kappa shape index (κ2) is 8.23. The Kier molecular flexibility index (Phi) is 6.62. The van der Waals surface area contributed by atoms with E-state index in [9.17, 15) is 0 Å².